The van der Waals surface area contributed by atoms with Crippen LogP contribution in [0.2, 0.25) is 0 Å². The van der Waals surface area contributed by atoms with Crippen LogP contribution in [0.25, 0.3) is 0 Å². The Morgan fingerprint density at radius 1 is 1.32 bits per heavy atom. The molecule has 0 spiro atoms. The van der Waals surface area contributed by atoms with Gasteiger partial charge in [-0.2, -0.15) is 0 Å². The maximum Gasteiger partial charge on any atom is 0.251 e. The van der Waals surface area contributed by atoms with Gasteiger partial charge in [0.05, 0.1) is 19.3 Å². The lowest BCUT2D eigenvalue weighted by molar-refractivity contribution is -0.0295. The van der Waals surface area contributed by atoms with Crippen LogP contribution in [0, 0.1) is 11.8 Å². The Kier molecular flexibility index (Phi) is 7.72. The molecular formula is C20H32N2O3. The molecule has 5 heteroatoms. The summed E-state index contributed by atoms with van der Waals surface area (Å²) in [6.07, 6.45) is 0.0526. The SMILES string of the molecule is CC(C)COc1cccc(C(=O)NCC2CN(CC(C)C)CCO2)c1. The maximum atomic E-state index is 12.4. The smallest absolute Gasteiger partial charge is 0.251 e. The second kappa shape index (κ2) is 9.78. The molecule has 0 bridgehead atoms. The highest BCUT2D eigenvalue weighted by atomic mass is 16.5. The van der Waals surface area contributed by atoms with Crippen LogP contribution in [0.1, 0.15) is 38.1 Å². The molecule has 140 valence electrons. The number of hydrogen-bond donors (Lipinski definition) is 1. The normalized spacial score (nSPS) is 18.6. The first-order valence-electron chi connectivity index (χ1n) is 9.29. The number of amides is 1. The molecule has 1 atom stereocenters. The lowest BCUT2D eigenvalue weighted by Crippen LogP contribution is -2.48. The van der Waals surface area contributed by atoms with E-state index in [0.717, 1.165) is 32.0 Å². The molecule has 1 unspecified atom stereocenters. The molecule has 1 aliphatic heterocycles. The van der Waals surface area contributed by atoms with Gasteiger partial charge in [0.1, 0.15) is 5.75 Å². The Balaban J connectivity index is 1.82. The average molecular weight is 348 g/mol. The fraction of sp³-hybridized carbons (Fsp3) is 0.650. The second-order valence-electron chi connectivity index (χ2n) is 7.59. The van der Waals surface area contributed by atoms with E-state index in [9.17, 15) is 4.79 Å². The van der Waals surface area contributed by atoms with Gasteiger partial charge in [0.2, 0.25) is 0 Å². The fourth-order valence-corrected chi connectivity index (χ4v) is 2.88. The van der Waals surface area contributed by atoms with Crippen molar-refractivity contribution < 1.29 is 14.3 Å². The van der Waals surface area contributed by atoms with Gasteiger partial charge < -0.3 is 14.8 Å². The predicted octanol–water partition coefficient (Wildman–Crippen LogP) is 2.81. The van der Waals surface area contributed by atoms with E-state index < -0.39 is 0 Å². The van der Waals surface area contributed by atoms with Crippen LogP contribution in [0.5, 0.6) is 5.75 Å². The molecule has 1 aromatic carbocycles. The third-order valence-corrected chi connectivity index (χ3v) is 4.02. The number of carbonyl (C=O) groups is 1. The topological polar surface area (TPSA) is 50.8 Å². The van der Waals surface area contributed by atoms with Gasteiger partial charge >= 0.3 is 0 Å². The molecule has 1 amide bonds. The molecule has 0 saturated carbocycles. The highest BCUT2D eigenvalue weighted by Gasteiger charge is 2.21. The highest BCUT2D eigenvalue weighted by Crippen LogP contribution is 2.14. The predicted molar refractivity (Wildman–Crippen MR) is 100 cm³/mol. The van der Waals surface area contributed by atoms with Gasteiger partial charge in [0.15, 0.2) is 0 Å². The first-order chi connectivity index (χ1) is 11.9. The molecule has 1 aromatic rings. The van der Waals surface area contributed by atoms with Crippen molar-refractivity contribution in [1.29, 1.82) is 0 Å². The highest BCUT2D eigenvalue weighted by molar-refractivity contribution is 5.94. The fourth-order valence-electron chi connectivity index (χ4n) is 2.88. The number of ether oxygens (including phenoxy) is 2. The molecule has 0 aromatic heterocycles. The van der Waals surface area contributed by atoms with Crippen molar-refractivity contribution in [1.82, 2.24) is 10.2 Å². The largest absolute Gasteiger partial charge is 0.493 e. The molecule has 1 heterocycles. The van der Waals surface area contributed by atoms with Crippen molar-refractivity contribution in [3.63, 3.8) is 0 Å². The maximum absolute atomic E-state index is 12.4. The van der Waals surface area contributed by atoms with Crippen LogP contribution < -0.4 is 10.1 Å². The van der Waals surface area contributed by atoms with Crippen molar-refractivity contribution in [2.75, 3.05) is 39.4 Å². The van der Waals surface area contributed by atoms with E-state index in [4.69, 9.17) is 9.47 Å². The van der Waals surface area contributed by atoms with Crippen LogP contribution in [0.4, 0.5) is 0 Å². The van der Waals surface area contributed by atoms with Crippen molar-refractivity contribution in [3.05, 3.63) is 29.8 Å². The molecule has 2 rings (SSSR count). The molecule has 1 fully saturated rings. The number of morpholine rings is 1. The quantitative estimate of drug-likeness (QED) is 0.785. The Morgan fingerprint density at radius 2 is 2.12 bits per heavy atom. The summed E-state index contributed by atoms with van der Waals surface area (Å²) < 4.78 is 11.5. The zero-order chi connectivity index (χ0) is 18.2. The van der Waals surface area contributed by atoms with E-state index in [1.807, 2.05) is 18.2 Å². The Bertz CT molecular complexity index is 545. The third-order valence-electron chi connectivity index (χ3n) is 4.02. The Morgan fingerprint density at radius 3 is 2.84 bits per heavy atom. The summed E-state index contributed by atoms with van der Waals surface area (Å²) in [5, 5.41) is 2.99. The summed E-state index contributed by atoms with van der Waals surface area (Å²) in [5.41, 5.74) is 0.621. The standard InChI is InChI=1S/C20H32N2O3/c1-15(2)12-22-8-9-24-19(13-22)11-21-20(23)17-6-5-7-18(10-17)25-14-16(3)4/h5-7,10,15-16,19H,8-9,11-14H2,1-4H3,(H,21,23). The third kappa shape index (κ3) is 7.04. The number of carbonyl (C=O) groups excluding carboxylic acids is 1. The van der Waals surface area contributed by atoms with Gasteiger partial charge in [0.25, 0.3) is 5.91 Å². The summed E-state index contributed by atoms with van der Waals surface area (Å²) in [5.74, 6) is 1.74. The molecular weight excluding hydrogens is 316 g/mol. The molecule has 0 radical (unpaired) electrons. The first kappa shape index (κ1) is 19.7. The Labute approximate surface area is 151 Å². The zero-order valence-corrected chi connectivity index (χ0v) is 16.0. The number of nitrogens with one attached hydrogen (secondary N) is 1. The van der Waals surface area contributed by atoms with Gasteiger partial charge in [-0.15, -0.1) is 0 Å². The van der Waals surface area contributed by atoms with E-state index in [1.165, 1.54) is 0 Å². The molecule has 5 nitrogen and oxygen atoms in total. The van der Waals surface area contributed by atoms with E-state index in [1.54, 1.807) is 6.07 Å². The van der Waals surface area contributed by atoms with Gasteiger partial charge in [-0.1, -0.05) is 33.8 Å². The summed E-state index contributed by atoms with van der Waals surface area (Å²) in [6.45, 7) is 13.5. The monoisotopic (exact) mass is 348 g/mol. The number of benzene rings is 1. The molecule has 1 N–H and O–H groups in total. The van der Waals surface area contributed by atoms with Gasteiger partial charge in [0, 0.05) is 31.7 Å². The van der Waals surface area contributed by atoms with Crippen LogP contribution in [0.3, 0.4) is 0 Å². The lowest BCUT2D eigenvalue weighted by atomic mass is 10.1. The van der Waals surface area contributed by atoms with E-state index >= 15 is 0 Å². The minimum atomic E-state index is -0.0837. The summed E-state index contributed by atoms with van der Waals surface area (Å²) >= 11 is 0. The molecule has 1 aliphatic rings. The molecule has 1 saturated heterocycles. The van der Waals surface area contributed by atoms with Gasteiger partial charge in [-0.3, -0.25) is 9.69 Å². The number of nitrogens with zero attached hydrogens (tertiary/aromatic N) is 1. The average Bonchev–Trinajstić information content (AvgIpc) is 2.58. The van der Waals surface area contributed by atoms with Gasteiger partial charge in [-0.05, 0) is 30.0 Å². The minimum Gasteiger partial charge on any atom is -0.493 e. The van der Waals surface area contributed by atoms with Crippen LogP contribution in [0.15, 0.2) is 24.3 Å². The lowest BCUT2D eigenvalue weighted by Gasteiger charge is -2.33. The zero-order valence-electron chi connectivity index (χ0n) is 16.0. The molecule has 25 heavy (non-hydrogen) atoms. The van der Waals surface area contributed by atoms with Crippen molar-refractivity contribution in [3.8, 4) is 5.75 Å². The Hall–Kier alpha value is -1.59. The molecule has 0 aliphatic carbocycles. The van der Waals surface area contributed by atoms with E-state index in [2.05, 4.69) is 37.9 Å². The number of rotatable bonds is 8. The summed E-state index contributed by atoms with van der Waals surface area (Å²) in [7, 11) is 0. The van der Waals surface area contributed by atoms with Gasteiger partial charge in [-0.25, -0.2) is 0 Å². The summed E-state index contributed by atoms with van der Waals surface area (Å²) in [4.78, 5) is 14.8. The van der Waals surface area contributed by atoms with E-state index in [0.29, 0.717) is 30.6 Å². The van der Waals surface area contributed by atoms with Crippen LogP contribution in [-0.4, -0.2) is 56.3 Å². The van der Waals surface area contributed by atoms with Crippen molar-refractivity contribution in [2.24, 2.45) is 11.8 Å². The van der Waals surface area contributed by atoms with E-state index in [-0.39, 0.29) is 12.0 Å². The van der Waals surface area contributed by atoms with Crippen LogP contribution in [-0.2, 0) is 4.74 Å². The van der Waals surface area contributed by atoms with Crippen LogP contribution >= 0.6 is 0 Å². The minimum absolute atomic E-state index is 0.0526. The first-order valence-corrected chi connectivity index (χ1v) is 9.29. The number of hydrogen-bond acceptors (Lipinski definition) is 4. The summed E-state index contributed by atoms with van der Waals surface area (Å²) in [6, 6.07) is 7.34. The second-order valence-corrected chi connectivity index (χ2v) is 7.59. The van der Waals surface area contributed by atoms with Crippen molar-refractivity contribution in [2.45, 2.75) is 33.8 Å². The van der Waals surface area contributed by atoms with Crippen molar-refractivity contribution >= 4 is 5.91 Å².